The van der Waals surface area contributed by atoms with Crippen molar-refractivity contribution >= 4 is 5.82 Å². The second-order valence-corrected chi connectivity index (χ2v) is 3.84. The highest BCUT2D eigenvalue weighted by Crippen LogP contribution is 2.17. The number of hydrogen-bond donors (Lipinski definition) is 1. The number of pyridine rings is 1. The molecule has 1 aliphatic heterocycles. The molecular formula is C11H16N2O2. The predicted octanol–water partition coefficient (Wildman–Crippen LogP) is 0.668. The van der Waals surface area contributed by atoms with Crippen LogP contribution in [-0.4, -0.2) is 42.0 Å². The van der Waals surface area contributed by atoms with Crippen molar-refractivity contribution in [3.8, 4) is 0 Å². The minimum atomic E-state index is -0.101. The van der Waals surface area contributed by atoms with Gasteiger partial charge in [-0.2, -0.15) is 0 Å². The average Bonchev–Trinajstić information content (AvgIpc) is 2.29. The summed E-state index contributed by atoms with van der Waals surface area (Å²) < 4.78 is 5.57. The maximum absolute atomic E-state index is 9.10. The van der Waals surface area contributed by atoms with Crippen LogP contribution in [-0.2, 0) is 4.74 Å². The Hall–Kier alpha value is -1.13. The Balaban J connectivity index is 2.09. The van der Waals surface area contributed by atoms with Gasteiger partial charge in [0.1, 0.15) is 5.82 Å². The topological polar surface area (TPSA) is 45.6 Å². The quantitative estimate of drug-likeness (QED) is 0.776. The Labute approximate surface area is 89.5 Å². The van der Waals surface area contributed by atoms with Gasteiger partial charge >= 0.3 is 0 Å². The molecule has 15 heavy (non-hydrogen) atoms. The van der Waals surface area contributed by atoms with Crippen molar-refractivity contribution in [2.24, 2.45) is 0 Å². The summed E-state index contributed by atoms with van der Waals surface area (Å²) >= 11 is 0. The summed E-state index contributed by atoms with van der Waals surface area (Å²) in [6.45, 7) is 3.61. The molecule has 2 unspecified atom stereocenters. The van der Waals surface area contributed by atoms with E-state index in [0.29, 0.717) is 6.54 Å². The zero-order chi connectivity index (χ0) is 10.7. The van der Waals surface area contributed by atoms with Crippen LogP contribution < -0.4 is 4.90 Å². The van der Waals surface area contributed by atoms with Crippen LogP contribution >= 0.6 is 0 Å². The van der Waals surface area contributed by atoms with Gasteiger partial charge in [0.25, 0.3) is 0 Å². The van der Waals surface area contributed by atoms with E-state index in [2.05, 4.69) is 9.88 Å². The number of aliphatic hydroxyl groups is 1. The van der Waals surface area contributed by atoms with E-state index in [1.165, 1.54) is 0 Å². The average molecular weight is 208 g/mol. The molecule has 2 atom stereocenters. The van der Waals surface area contributed by atoms with Crippen LogP contribution in [0.2, 0.25) is 0 Å². The summed E-state index contributed by atoms with van der Waals surface area (Å²) in [6, 6.07) is 5.85. The third-order valence-electron chi connectivity index (χ3n) is 2.50. The summed E-state index contributed by atoms with van der Waals surface area (Å²) in [7, 11) is 0. The normalized spacial score (nSPS) is 26.7. The molecule has 0 spiro atoms. The Morgan fingerprint density at radius 2 is 2.40 bits per heavy atom. The molecule has 0 radical (unpaired) electrons. The van der Waals surface area contributed by atoms with Gasteiger partial charge in [0.05, 0.1) is 18.8 Å². The van der Waals surface area contributed by atoms with Gasteiger partial charge in [-0.3, -0.25) is 0 Å². The fourth-order valence-corrected chi connectivity index (χ4v) is 1.87. The van der Waals surface area contributed by atoms with Gasteiger partial charge in [0.2, 0.25) is 0 Å². The van der Waals surface area contributed by atoms with Gasteiger partial charge < -0.3 is 14.7 Å². The van der Waals surface area contributed by atoms with E-state index >= 15 is 0 Å². The van der Waals surface area contributed by atoms with Crippen molar-refractivity contribution < 1.29 is 9.84 Å². The van der Waals surface area contributed by atoms with Gasteiger partial charge in [0, 0.05) is 19.3 Å². The number of rotatable bonds is 2. The van der Waals surface area contributed by atoms with Crippen LogP contribution in [0, 0.1) is 0 Å². The highest BCUT2D eigenvalue weighted by atomic mass is 16.5. The van der Waals surface area contributed by atoms with Crippen LogP contribution in [0.5, 0.6) is 0 Å². The Bertz CT molecular complexity index is 305. The van der Waals surface area contributed by atoms with Crippen LogP contribution in [0.15, 0.2) is 24.4 Å². The first-order valence-electron chi connectivity index (χ1n) is 5.22. The summed E-state index contributed by atoms with van der Waals surface area (Å²) in [5.74, 6) is 0.950. The predicted molar refractivity (Wildman–Crippen MR) is 57.9 cm³/mol. The van der Waals surface area contributed by atoms with E-state index in [9.17, 15) is 0 Å². The Morgan fingerprint density at radius 1 is 1.53 bits per heavy atom. The van der Waals surface area contributed by atoms with Crippen molar-refractivity contribution in [3.63, 3.8) is 0 Å². The van der Waals surface area contributed by atoms with Gasteiger partial charge in [-0.15, -0.1) is 0 Å². The number of nitrogens with zero attached hydrogens (tertiary/aromatic N) is 2. The van der Waals surface area contributed by atoms with Gasteiger partial charge in [-0.25, -0.2) is 4.98 Å². The molecule has 2 heterocycles. The summed E-state index contributed by atoms with van der Waals surface area (Å²) in [4.78, 5) is 6.44. The number of aliphatic hydroxyl groups excluding tert-OH is 1. The molecule has 0 amide bonds. The number of hydrogen-bond acceptors (Lipinski definition) is 4. The number of anilines is 1. The third kappa shape index (κ3) is 2.46. The first kappa shape index (κ1) is 10.4. The van der Waals surface area contributed by atoms with E-state index in [4.69, 9.17) is 9.84 Å². The van der Waals surface area contributed by atoms with Crippen molar-refractivity contribution in [1.82, 2.24) is 4.98 Å². The van der Waals surface area contributed by atoms with Crippen LogP contribution in [0.3, 0.4) is 0 Å². The molecule has 0 saturated carbocycles. The lowest BCUT2D eigenvalue weighted by Crippen LogP contribution is -2.48. The molecule has 1 fully saturated rings. The molecular weight excluding hydrogens is 192 g/mol. The molecule has 1 N–H and O–H groups in total. The molecule has 2 rings (SSSR count). The zero-order valence-corrected chi connectivity index (χ0v) is 8.84. The highest BCUT2D eigenvalue weighted by molar-refractivity contribution is 5.38. The monoisotopic (exact) mass is 208 g/mol. The van der Waals surface area contributed by atoms with E-state index in [0.717, 1.165) is 12.4 Å². The van der Waals surface area contributed by atoms with E-state index < -0.39 is 0 Å². The minimum absolute atomic E-state index is 0.0632. The van der Waals surface area contributed by atoms with Gasteiger partial charge in [0.15, 0.2) is 0 Å². The SMILES string of the molecule is CC1CN(c2ccccn2)CC(CO)O1. The van der Waals surface area contributed by atoms with Gasteiger partial charge in [-0.1, -0.05) is 6.07 Å². The lowest BCUT2D eigenvalue weighted by Gasteiger charge is -2.36. The van der Waals surface area contributed by atoms with Crippen molar-refractivity contribution in [3.05, 3.63) is 24.4 Å². The summed E-state index contributed by atoms with van der Waals surface area (Å²) in [5, 5.41) is 9.10. The fourth-order valence-electron chi connectivity index (χ4n) is 1.87. The van der Waals surface area contributed by atoms with Crippen molar-refractivity contribution in [2.75, 3.05) is 24.6 Å². The summed E-state index contributed by atoms with van der Waals surface area (Å²) in [6.07, 6.45) is 1.82. The van der Waals surface area contributed by atoms with E-state index in [-0.39, 0.29) is 18.8 Å². The van der Waals surface area contributed by atoms with Gasteiger partial charge in [-0.05, 0) is 19.1 Å². The maximum Gasteiger partial charge on any atom is 0.128 e. The molecule has 0 aliphatic carbocycles. The smallest absolute Gasteiger partial charge is 0.128 e. The third-order valence-corrected chi connectivity index (χ3v) is 2.50. The van der Waals surface area contributed by atoms with Crippen molar-refractivity contribution in [1.29, 1.82) is 0 Å². The first-order valence-corrected chi connectivity index (χ1v) is 5.22. The number of morpholine rings is 1. The Morgan fingerprint density at radius 3 is 3.07 bits per heavy atom. The van der Waals surface area contributed by atoms with E-state index in [1.54, 1.807) is 6.20 Å². The van der Waals surface area contributed by atoms with Crippen LogP contribution in [0.25, 0.3) is 0 Å². The number of ether oxygens (including phenoxy) is 1. The molecule has 4 heteroatoms. The number of aromatic nitrogens is 1. The molecule has 1 aromatic heterocycles. The largest absolute Gasteiger partial charge is 0.394 e. The molecule has 1 aliphatic rings. The lowest BCUT2D eigenvalue weighted by molar-refractivity contribution is -0.0423. The molecule has 4 nitrogen and oxygen atoms in total. The lowest BCUT2D eigenvalue weighted by atomic mass is 10.2. The second-order valence-electron chi connectivity index (χ2n) is 3.84. The second kappa shape index (κ2) is 4.59. The molecule has 0 bridgehead atoms. The van der Waals surface area contributed by atoms with Crippen LogP contribution in [0.4, 0.5) is 5.82 Å². The van der Waals surface area contributed by atoms with Crippen molar-refractivity contribution in [2.45, 2.75) is 19.1 Å². The minimum Gasteiger partial charge on any atom is -0.394 e. The fraction of sp³-hybridized carbons (Fsp3) is 0.545. The molecule has 0 aromatic carbocycles. The molecule has 1 saturated heterocycles. The first-order chi connectivity index (χ1) is 7.29. The maximum atomic E-state index is 9.10. The molecule has 82 valence electrons. The Kier molecular flexibility index (Phi) is 3.18. The summed E-state index contributed by atoms with van der Waals surface area (Å²) in [5.41, 5.74) is 0. The standard InChI is InChI=1S/C11H16N2O2/c1-9-6-13(7-10(8-14)15-9)11-4-2-3-5-12-11/h2-5,9-10,14H,6-8H2,1H3. The molecule has 1 aromatic rings. The zero-order valence-electron chi connectivity index (χ0n) is 8.84. The van der Waals surface area contributed by atoms with Crippen LogP contribution in [0.1, 0.15) is 6.92 Å². The highest BCUT2D eigenvalue weighted by Gasteiger charge is 2.25. The van der Waals surface area contributed by atoms with E-state index in [1.807, 2.05) is 25.1 Å².